The summed E-state index contributed by atoms with van der Waals surface area (Å²) in [4.78, 5) is 19.6. The minimum atomic E-state index is -0.0199. The number of amides is 1. The molecule has 164 valence electrons. The lowest BCUT2D eigenvalue weighted by Gasteiger charge is -2.15. The van der Waals surface area contributed by atoms with Gasteiger partial charge in [-0.2, -0.15) is 0 Å². The molecule has 1 aliphatic rings. The average molecular weight is 503 g/mol. The smallest absolute Gasteiger partial charge is 0.266 e. The number of rotatable bonds is 8. The predicted octanol–water partition coefficient (Wildman–Crippen LogP) is 6.05. The Hall–Kier alpha value is -2.25. The normalized spacial score (nSPS) is 16.4. The van der Waals surface area contributed by atoms with Crippen LogP contribution in [0.25, 0.3) is 6.08 Å². The molecule has 0 spiro atoms. The fraction of sp³-hybridized carbons (Fsp3) is 0.333. The van der Waals surface area contributed by atoms with Gasteiger partial charge in [0, 0.05) is 13.1 Å². The highest BCUT2D eigenvalue weighted by Crippen LogP contribution is 2.39. The summed E-state index contributed by atoms with van der Waals surface area (Å²) in [6.07, 6.45) is 1.88. The topological polar surface area (TPSA) is 51.1 Å². The van der Waals surface area contributed by atoms with Crippen LogP contribution in [0.2, 0.25) is 0 Å². The third kappa shape index (κ3) is 5.71. The highest BCUT2D eigenvalue weighted by molar-refractivity contribution is 9.10. The first-order chi connectivity index (χ1) is 15.0. The molecule has 0 aromatic heterocycles. The number of ether oxygens (including phenoxy) is 2. The van der Waals surface area contributed by atoms with Gasteiger partial charge in [0.2, 0.25) is 0 Å². The zero-order valence-corrected chi connectivity index (χ0v) is 20.7. The van der Waals surface area contributed by atoms with Crippen LogP contribution in [-0.4, -0.2) is 35.7 Å². The minimum absolute atomic E-state index is 0.0199. The minimum Gasteiger partial charge on any atom is -0.490 e. The third-order valence-corrected chi connectivity index (χ3v) is 6.26. The van der Waals surface area contributed by atoms with E-state index in [-0.39, 0.29) is 5.91 Å². The maximum absolute atomic E-state index is 12.8. The number of carbonyl (C=O) groups excluding carboxylic acids is 1. The predicted molar refractivity (Wildman–Crippen MR) is 132 cm³/mol. The van der Waals surface area contributed by atoms with Crippen molar-refractivity contribution in [2.45, 2.75) is 34.3 Å². The summed E-state index contributed by atoms with van der Waals surface area (Å²) in [5.74, 6) is 1.27. The quantitative estimate of drug-likeness (QED) is 0.412. The van der Waals surface area contributed by atoms with Crippen molar-refractivity contribution in [2.75, 3.05) is 19.7 Å². The van der Waals surface area contributed by atoms with Gasteiger partial charge in [0.25, 0.3) is 5.91 Å². The highest BCUT2D eigenvalue weighted by Gasteiger charge is 2.31. The van der Waals surface area contributed by atoms with E-state index in [1.54, 1.807) is 4.90 Å². The zero-order valence-electron chi connectivity index (χ0n) is 18.3. The van der Waals surface area contributed by atoms with Crippen molar-refractivity contribution < 1.29 is 14.3 Å². The van der Waals surface area contributed by atoms with E-state index in [4.69, 9.17) is 9.47 Å². The summed E-state index contributed by atoms with van der Waals surface area (Å²) in [6, 6.07) is 12.1. The van der Waals surface area contributed by atoms with Gasteiger partial charge in [-0.25, -0.2) is 0 Å². The maximum atomic E-state index is 12.8. The number of nitrogens with zero attached hydrogens (tertiary/aromatic N) is 2. The SMILES string of the molecule is CCN=C1S/C(=C/c2cc(Br)c(OCc3ccc(C)cc3)c(OCC)c2)C(=O)N1CC. The zero-order chi connectivity index (χ0) is 22.4. The fourth-order valence-electron chi connectivity index (χ4n) is 3.11. The van der Waals surface area contributed by atoms with E-state index in [0.29, 0.717) is 42.7 Å². The first-order valence-electron chi connectivity index (χ1n) is 10.4. The van der Waals surface area contributed by atoms with Crippen LogP contribution in [0.4, 0.5) is 0 Å². The number of aryl methyl sites for hydroxylation is 1. The molecule has 7 heteroatoms. The molecule has 2 aromatic carbocycles. The largest absolute Gasteiger partial charge is 0.490 e. The van der Waals surface area contributed by atoms with Crippen molar-refractivity contribution in [3.05, 3.63) is 62.5 Å². The second kappa shape index (κ2) is 10.9. The molecule has 0 unspecified atom stereocenters. The number of thioether (sulfide) groups is 1. The summed E-state index contributed by atoms with van der Waals surface area (Å²) in [6.45, 7) is 10.1. The molecule has 1 fully saturated rings. The van der Waals surface area contributed by atoms with Gasteiger partial charge in [-0.3, -0.25) is 14.7 Å². The van der Waals surface area contributed by atoms with Gasteiger partial charge in [-0.1, -0.05) is 29.8 Å². The summed E-state index contributed by atoms with van der Waals surface area (Å²) < 4.78 is 12.7. The van der Waals surface area contributed by atoms with Crippen molar-refractivity contribution in [1.82, 2.24) is 4.90 Å². The number of amidine groups is 1. The number of hydrogen-bond acceptors (Lipinski definition) is 5. The Bertz CT molecular complexity index is 1000. The van der Waals surface area contributed by atoms with Crippen LogP contribution >= 0.6 is 27.7 Å². The van der Waals surface area contributed by atoms with Crippen LogP contribution in [-0.2, 0) is 11.4 Å². The van der Waals surface area contributed by atoms with Gasteiger partial charge >= 0.3 is 0 Å². The van der Waals surface area contributed by atoms with E-state index >= 15 is 0 Å². The van der Waals surface area contributed by atoms with Gasteiger partial charge in [0.05, 0.1) is 16.0 Å². The Kier molecular flexibility index (Phi) is 8.21. The molecule has 0 aliphatic carbocycles. The lowest BCUT2D eigenvalue weighted by molar-refractivity contribution is -0.122. The van der Waals surface area contributed by atoms with Crippen LogP contribution < -0.4 is 9.47 Å². The van der Waals surface area contributed by atoms with Crippen LogP contribution in [0.15, 0.2) is 50.8 Å². The van der Waals surface area contributed by atoms with Crippen LogP contribution in [0.3, 0.4) is 0 Å². The lowest BCUT2D eigenvalue weighted by Crippen LogP contribution is -2.28. The highest BCUT2D eigenvalue weighted by atomic mass is 79.9. The third-order valence-electron chi connectivity index (χ3n) is 4.63. The molecule has 5 nitrogen and oxygen atoms in total. The van der Waals surface area contributed by atoms with Gasteiger partial charge in [-0.05, 0) is 84.7 Å². The summed E-state index contributed by atoms with van der Waals surface area (Å²) in [7, 11) is 0. The standard InChI is InChI=1S/C24H27BrN2O3S/c1-5-26-24-27(6-2)23(28)21(31-24)14-18-12-19(25)22(20(13-18)29-7-3)30-15-17-10-8-16(4)9-11-17/h8-14H,5-7,15H2,1-4H3/b21-14+,26-24?. The molecule has 31 heavy (non-hydrogen) atoms. The Morgan fingerprint density at radius 1 is 1.13 bits per heavy atom. The van der Waals surface area contributed by atoms with E-state index in [2.05, 4.69) is 52.1 Å². The van der Waals surface area contributed by atoms with Crippen molar-refractivity contribution in [3.63, 3.8) is 0 Å². The lowest BCUT2D eigenvalue weighted by atomic mass is 10.1. The molecule has 1 amide bonds. The van der Waals surface area contributed by atoms with Crippen molar-refractivity contribution in [1.29, 1.82) is 0 Å². The number of carbonyl (C=O) groups is 1. The van der Waals surface area contributed by atoms with E-state index in [1.165, 1.54) is 17.3 Å². The van der Waals surface area contributed by atoms with Crippen LogP contribution in [0.1, 0.15) is 37.5 Å². The Balaban J connectivity index is 1.87. The maximum Gasteiger partial charge on any atom is 0.266 e. The number of aliphatic imine (C=N–C) groups is 1. The van der Waals surface area contributed by atoms with Crippen LogP contribution in [0.5, 0.6) is 11.5 Å². The summed E-state index contributed by atoms with van der Waals surface area (Å²) >= 11 is 5.03. The molecule has 0 bridgehead atoms. The number of benzene rings is 2. The van der Waals surface area contributed by atoms with E-state index in [1.807, 2.05) is 39.0 Å². The Morgan fingerprint density at radius 3 is 2.52 bits per heavy atom. The molecule has 3 rings (SSSR count). The summed E-state index contributed by atoms with van der Waals surface area (Å²) in [5.41, 5.74) is 3.16. The van der Waals surface area contributed by atoms with Gasteiger partial charge in [-0.15, -0.1) is 0 Å². The van der Waals surface area contributed by atoms with E-state index in [9.17, 15) is 4.79 Å². The number of halogens is 1. The summed E-state index contributed by atoms with van der Waals surface area (Å²) in [5, 5.41) is 0.753. The molecule has 1 saturated heterocycles. The van der Waals surface area contributed by atoms with E-state index < -0.39 is 0 Å². The van der Waals surface area contributed by atoms with Gasteiger partial charge < -0.3 is 9.47 Å². The second-order valence-corrected chi connectivity index (χ2v) is 8.82. The van der Waals surface area contributed by atoms with Crippen molar-refractivity contribution in [2.24, 2.45) is 4.99 Å². The molecule has 0 radical (unpaired) electrons. The first-order valence-corrected chi connectivity index (χ1v) is 12.0. The molecular weight excluding hydrogens is 476 g/mol. The Labute approximate surface area is 196 Å². The molecule has 0 N–H and O–H groups in total. The monoisotopic (exact) mass is 502 g/mol. The number of hydrogen-bond donors (Lipinski definition) is 0. The van der Waals surface area contributed by atoms with Crippen molar-refractivity contribution >= 4 is 44.8 Å². The van der Waals surface area contributed by atoms with Crippen LogP contribution in [0, 0.1) is 6.92 Å². The average Bonchev–Trinajstić information content (AvgIpc) is 3.03. The molecule has 0 saturated carbocycles. The first kappa shape index (κ1) is 23.4. The molecule has 2 aromatic rings. The van der Waals surface area contributed by atoms with E-state index in [0.717, 1.165) is 20.8 Å². The molecular formula is C24H27BrN2O3S. The molecule has 0 atom stereocenters. The molecule has 1 heterocycles. The Morgan fingerprint density at radius 2 is 1.87 bits per heavy atom. The number of likely N-dealkylation sites (N-methyl/N-ethyl adjacent to an activating group) is 1. The van der Waals surface area contributed by atoms with Gasteiger partial charge in [0.1, 0.15) is 6.61 Å². The van der Waals surface area contributed by atoms with Gasteiger partial charge in [0.15, 0.2) is 16.7 Å². The second-order valence-electron chi connectivity index (χ2n) is 6.95. The fourth-order valence-corrected chi connectivity index (χ4v) is 4.78. The molecule has 1 aliphatic heterocycles. The van der Waals surface area contributed by atoms with Crippen molar-refractivity contribution in [3.8, 4) is 11.5 Å².